The van der Waals surface area contributed by atoms with Crippen LogP contribution in [-0.2, 0) is 21.1 Å². The first-order valence-corrected chi connectivity index (χ1v) is 11.2. The zero-order valence-corrected chi connectivity index (χ0v) is 22.0. The number of carbonyl (C=O) groups is 1. The fraction of sp³-hybridized carbons (Fsp3) is 0.519. The van der Waals surface area contributed by atoms with E-state index in [9.17, 15) is 4.79 Å². The largest absolute Gasteiger partial charge is 0.493 e. The van der Waals surface area contributed by atoms with Gasteiger partial charge in [-0.15, -0.1) is 0 Å². The molecule has 6 nitrogen and oxygen atoms in total. The van der Waals surface area contributed by atoms with Gasteiger partial charge in [0.05, 0.1) is 31.2 Å². The maximum absolute atomic E-state index is 13.0. The van der Waals surface area contributed by atoms with Crippen LogP contribution in [0.15, 0.2) is 24.3 Å². The molecule has 2 rings (SSSR count). The Kier molecular flexibility index (Phi) is 7.32. The molecule has 3 N–H and O–H groups in total. The molecule has 2 aromatic rings. The predicted molar refractivity (Wildman–Crippen MR) is 136 cm³/mol. The Bertz CT molecular complexity index is 987. The summed E-state index contributed by atoms with van der Waals surface area (Å²) in [5.74, 6) is 0.245. The molecular weight excluding hydrogens is 416 g/mol. The summed E-state index contributed by atoms with van der Waals surface area (Å²) in [6.07, 6.45) is 0. The fourth-order valence-electron chi connectivity index (χ4n) is 3.59. The molecule has 0 unspecified atom stereocenters. The molecule has 0 bridgehead atoms. The van der Waals surface area contributed by atoms with Crippen LogP contribution in [0.5, 0.6) is 11.5 Å². The third kappa shape index (κ3) is 5.92. The molecule has 0 aromatic heterocycles. The molecule has 2 aromatic carbocycles. The van der Waals surface area contributed by atoms with Crippen LogP contribution < -0.4 is 20.7 Å². The van der Waals surface area contributed by atoms with E-state index in [1.807, 2.05) is 0 Å². The summed E-state index contributed by atoms with van der Waals surface area (Å²) in [5.41, 5.74) is 13.3. The number of nitrogens with one attached hydrogen (secondary N) is 1. The molecular formula is C27H40N2O4. The maximum Gasteiger partial charge on any atom is 0.365 e. The second-order valence-corrected chi connectivity index (χ2v) is 11.5. The van der Waals surface area contributed by atoms with E-state index in [2.05, 4.69) is 79.9 Å². The Balaban J connectivity index is 2.56. The first-order chi connectivity index (χ1) is 15.0. The van der Waals surface area contributed by atoms with Crippen LogP contribution in [0.2, 0.25) is 0 Å². The molecule has 0 radical (unpaired) electrons. The molecule has 0 saturated carbocycles. The van der Waals surface area contributed by atoms with Crippen molar-refractivity contribution < 1.29 is 19.1 Å². The van der Waals surface area contributed by atoms with Gasteiger partial charge in [-0.3, -0.25) is 0 Å². The lowest BCUT2D eigenvalue weighted by Gasteiger charge is -2.33. The van der Waals surface area contributed by atoms with Crippen LogP contribution in [0.4, 0.5) is 11.4 Å². The van der Waals surface area contributed by atoms with Gasteiger partial charge in [0.15, 0.2) is 11.5 Å². The Hall–Kier alpha value is -2.89. The Morgan fingerprint density at radius 2 is 1.21 bits per heavy atom. The Morgan fingerprint density at radius 1 is 0.758 bits per heavy atom. The van der Waals surface area contributed by atoms with E-state index in [-0.39, 0.29) is 27.5 Å². The highest BCUT2D eigenvalue weighted by Crippen LogP contribution is 2.41. The van der Waals surface area contributed by atoms with Crippen LogP contribution >= 0.6 is 0 Å². The summed E-state index contributed by atoms with van der Waals surface area (Å²) < 4.78 is 10.6. The van der Waals surface area contributed by atoms with E-state index in [1.165, 1.54) is 25.8 Å². The number of carbonyl (C=O) groups excluding carboxylic acids is 1. The van der Waals surface area contributed by atoms with Crippen LogP contribution in [0.3, 0.4) is 0 Å². The van der Waals surface area contributed by atoms with Gasteiger partial charge in [-0.2, -0.15) is 0 Å². The van der Waals surface area contributed by atoms with Crippen molar-refractivity contribution in [2.75, 3.05) is 25.4 Å². The molecule has 0 amide bonds. The van der Waals surface area contributed by atoms with Crippen LogP contribution in [0.1, 0.15) is 89.4 Å². The van der Waals surface area contributed by atoms with Gasteiger partial charge in [0.25, 0.3) is 0 Å². The molecule has 0 fully saturated rings. The summed E-state index contributed by atoms with van der Waals surface area (Å²) in [7, 11) is 3.02. The number of hydrogen-bond donors (Lipinski definition) is 2. The monoisotopic (exact) mass is 456 g/mol. The van der Waals surface area contributed by atoms with Crippen molar-refractivity contribution in [3.05, 3.63) is 46.5 Å². The lowest BCUT2D eigenvalue weighted by atomic mass is 9.74. The molecule has 182 valence electrons. The minimum atomic E-state index is -0.604. The number of ether oxygens (including phenoxy) is 2. The SMILES string of the molecule is COc1cc(N)c(C(=O)ONc2c(C(C)(C)C)cc(C(C)(C)C)cc2C(C)(C)C)cc1OC. The van der Waals surface area contributed by atoms with Crippen LogP contribution in [0.25, 0.3) is 0 Å². The standard InChI is InChI=1S/C27H40N2O4/c1-25(2,3)16-12-18(26(4,5)6)23(19(13-16)27(7,8)9)29-33-24(30)17-14-21(31-10)22(32-11)15-20(17)28/h12-15,29H,28H2,1-11H3. The topological polar surface area (TPSA) is 82.8 Å². The third-order valence-corrected chi connectivity index (χ3v) is 5.64. The van der Waals surface area contributed by atoms with Crippen molar-refractivity contribution in [2.24, 2.45) is 0 Å². The van der Waals surface area contributed by atoms with Crippen molar-refractivity contribution in [1.82, 2.24) is 0 Å². The summed E-state index contributed by atoms with van der Waals surface area (Å²) in [6.45, 7) is 19.5. The van der Waals surface area contributed by atoms with Gasteiger partial charge >= 0.3 is 5.97 Å². The summed E-state index contributed by atoms with van der Waals surface area (Å²) in [5, 5.41) is 0. The molecule has 0 aliphatic rings. The Labute approximate surface area is 198 Å². The summed E-state index contributed by atoms with van der Waals surface area (Å²) >= 11 is 0. The van der Waals surface area contributed by atoms with E-state index in [0.717, 1.165) is 16.8 Å². The second-order valence-electron chi connectivity index (χ2n) is 11.5. The van der Waals surface area contributed by atoms with Gasteiger partial charge in [-0.25, -0.2) is 10.3 Å². The molecule has 33 heavy (non-hydrogen) atoms. The number of nitrogen functional groups attached to an aromatic ring is 1. The number of rotatable bonds is 5. The molecule has 0 aliphatic heterocycles. The maximum atomic E-state index is 13.0. The van der Waals surface area contributed by atoms with E-state index in [4.69, 9.17) is 20.0 Å². The van der Waals surface area contributed by atoms with Gasteiger partial charge in [0.2, 0.25) is 0 Å². The molecule has 0 aliphatic carbocycles. The molecule has 0 saturated heterocycles. The highest BCUT2D eigenvalue weighted by atomic mass is 16.7. The van der Waals surface area contributed by atoms with E-state index in [1.54, 1.807) is 6.07 Å². The Morgan fingerprint density at radius 3 is 1.61 bits per heavy atom. The van der Waals surface area contributed by atoms with Crippen molar-refractivity contribution in [2.45, 2.75) is 78.6 Å². The van der Waals surface area contributed by atoms with Crippen molar-refractivity contribution in [3.63, 3.8) is 0 Å². The minimum Gasteiger partial charge on any atom is -0.493 e. The molecule has 0 spiro atoms. The van der Waals surface area contributed by atoms with E-state index in [0.29, 0.717) is 11.5 Å². The van der Waals surface area contributed by atoms with Gasteiger partial charge in [-0.1, -0.05) is 74.4 Å². The van der Waals surface area contributed by atoms with Gasteiger partial charge in [0.1, 0.15) is 0 Å². The highest BCUT2D eigenvalue weighted by Gasteiger charge is 2.30. The predicted octanol–water partition coefficient (Wildman–Crippen LogP) is 6.36. The normalized spacial score (nSPS) is 12.3. The average molecular weight is 457 g/mol. The molecule has 6 heteroatoms. The third-order valence-electron chi connectivity index (χ3n) is 5.64. The zero-order chi connectivity index (χ0) is 25.4. The van der Waals surface area contributed by atoms with Crippen molar-refractivity contribution >= 4 is 17.3 Å². The van der Waals surface area contributed by atoms with E-state index >= 15 is 0 Å². The number of methoxy groups -OCH3 is 2. The lowest BCUT2D eigenvalue weighted by Crippen LogP contribution is -2.25. The van der Waals surface area contributed by atoms with Crippen LogP contribution in [-0.4, -0.2) is 20.2 Å². The zero-order valence-electron chi connectivity index (χ0n) is 22.0. The minimum absolute atomic E-state index is 0.0245. The van der Waals surface area contributed by atoms with Gasteiger partial charge in [-0.05, 0) is 32.9 Å². The molecule has 0 atom stereocenters. The molecule has 0 heterocycles. The number of anilines is 2. The number of benzene rings is 2. The van der Waals surface area contributed by atoms with E-state index < -0.39 is 5.97 Å². The van der Waals surface area contributed by atoms with Gasteiger partial charge in [0, 0.05) is 12.1 Å². The summed E-state index contributed by atoms with van der Waals surface area (Å²) in [4.78, 5) is 18.6. The second kappa shape index (κ2) is 9.16. The number of hydrogen-bond acceptors (Lipinski definition) is 6. The first kappa shape index (κ1) is 26.4. The van der Waals surface area contributed by atoms with Crippen molar-refractivity contribution in [3.8, 4) is 11.5 Å². The highest BCUT2D eigenvalue weighted by molar-refractivity contribution is 5.96. The van der Waals surface area contributed by atoms with Crippen molar-refractivity contribution in [1.29, 1.82) is 0 Å². The average Bonchev–Trinajstić information content (AvgIpc) is 2.68. The summed E-state index contributed by atoms with van der Waals surface area (Å²) in [6, 6.07) is 7.48. The number of nitrogens with two attached hydrogens (primary N) is 1. The first-order valence-electron chi connectivity index (χ1n) is 11.2. The van der Waals surface area contributed by atoms with Crippen LogP contribution in [0, 0.1) is 0 Å². The lowest BCUT2D eigenvalue weighted by molar-refractivity contribution is 0.0595. The smallest absolute Gasteiger partial charge is 0.365 e. The quantitative estimate of drug-likeness (QED) is 0.402. The fourth-order valence-corrected chi connectivity index (χ4v) is 3.59. The van der Waals surface area contributed by atoms with Gasteiger partial charge < -0.3 is 20.0 Å².